The van der Waals surface area contributed by atoms with E-state index < -0.39 is 0 Å². The number of hydrogen-bond acceptors (Lipinski definition) is 7. The van der Waals surface area contributed by atoms with Crippen molar-refractivity contribution in [2.75, 3.05) is 18.0 Å². The van der Waals surface area contributed by atoms with Crippen molar-refractivity contribution in [2.24, 2.45) is 5.41 Å². The van der Waals surface area contributed by atoms with Crippen LogP contribution in [0.2, 0.25) is 5.02 Å². The third kappa shape index (κ3) is 4.36. The lowest BCUT2D eigenvalue weighted by atomic mass is 9.77. The summed E-state index contributed by atoms with van der Waals surface area (Å²) in [6.45, 7) is 2.17. The minimum Gasteiger partial charge on any atom is -0.355 e. The Morgan fingerprint density at radius 2 is 1.82 bits per heavy atom. The van der Waals surface area contributed by atoms with Crippen LogP contribution in [-0.2, 0) is 6.42 Å². The van der Waals surface area contributed by atoms with Gasteiger partial charge < -0.3 is 9.88 Å². The molecule has 6 rings (SSSR count). The molecule has 1 saturated carbocycles. The van der Waals surface area contributed by atoms with E-state index in [4.69, 9.17) is 16.6 Å². The van der Waals surface area contributed by atoms with Crippen LogP contribution in [0.3, 0.4) is 0 Å². The monoisotopic (exact) mass is 491 g/mol. The van der Waals surface area contributed by atoms with Crippen LogP contribution in [-0.4, -0.2) is 43.0 Å². The third-order valence-corrected chi connectivity index (χ3v) is 8.70. The molecule has 174 valence electrons. The van der Waals surface area contributed by atoms with Crippen LogP contribution >= 0.6 is 23.4 Å². The fraction of sp³-hybridized carbons (Fsp3) is 0.400. The molecule has 9 heteroatoms. The molecule has 1 saturated heterocycles. The number of aromatic amines is 1. The number of rotatable bonds is 5. The lowest BCUT2D eigenvalue weighted by Gasteiger charge is -2.39. The van der Waals surface area contributed by atoms with Gasteiger partial charge in [-0.3, -0.25) is 9.97 Å². The Kier molecular flexibility index (Phi) is 5.87. The van der Waals surface area contributed by atoms with Gasteiger partial charge in [0.2, 0.25) is 0 Å². The number of nitrogens with zero attached hydrogens (tertiary/aromatic N) is 6. The largest absolute Gasteiger partial charge is 0.355 e. The summed E-state index contributed by atoms with van der Waals surface area (Å²) >= 11 is 8.26. The van der Waals surface area contributed by atoms with Crippen molar-refractivity contribution >= 4 is 40.2 Å². The first-order valence-corrected chi connectivity index (χ1v) is 13.0. The van der Waals surface area contributed by atoms with E-state index in [1.807, 2.05) is 24.5 Å². The summed E-state index contributed by atoms with van der Waals surface area (Å²) in [5, 5.41) is 1.47. The molecule has 2 fully saturated rings. The molecule has 2 aliphatic rings. The number of nitrogens with one attached hydrogen (secondary N) is 1. The van der Waals surface area contributed by atoms with Crippen molar-refractivity contribution < 1.29 is 0 Å². The summed E-state index contributed by atoms with van der Waals surface area (Å²) in [6, 6.07) is 3.97. The minimum atomic E-state index is 0.575. The Morgan fingerprint density at radius 3 is 2.56 bits per heavy atom. The maximum absolute atomic E-state index is 6.74. The van der Waals surface area contributed by atoms with Crippen LogP contribution < -0.4 is 4.90 Å². The van der Waals surface area contributed by atoms with Crippen molar-refractivity contribution in [3.05, 3.63) is 59.7 Å². The summed E-state index contributed by atoms with van der Waals surface area (Å²) in [5.41, 5.74) is 3.12. The predicted octanol–water partition coefficient (Wildman–Crippen LogP) is 5.70. The fourth-order valence-corrected chi connectivity index (χ4v) is 6.39. The van der Waals surface area contributed by atoms with E-state index in [0.29, 0.717) is 16.9 Å². The van der Waals surface area contributed by atoms with Crippen molar-refractivity contribution in [3.8, 4) is 0 Å². The average molecular weight is 492 g/mol. The molecule has 0 bridgehead atoms. The van der Waals surface area contributed by atoms with E-state index in [2.05, 4.69) is 29.8 Å². The topological polar surface area (TPSA) is 83.5 Å². The second kappa shape index (κ2) is 9.15. The zero-order valence-corrected chi connectivity index (χ0v) is 20.4. The normalized spacial score (nSPS) is 17.6. The molecule has 4 aromatic rings. The summed E-state index contributed by atoms with van der Waals surface area (Å²) in [6.07, 6.45) is 17.6. The molecule has 1 N–H and O–H groups in total. The molecule has 1 aliphatic heterocycles. The first-order chi connectivity index (χ1) is 16.7. The summed E-state index contributed by atoms with van der Waals surface area (Å²) in [7, 11) is 0. The van der Waals surface area contributed by atoms with Crippen molar-refractivity contribution in [2.45, 2.75) is 54.9 Å². The van der Waals surface area contributed by atoms with Crippen molar-refractivity contribution in [1.82, 2.24) is 29.9 Å². The van der Waals surface area contributed by atoms with Gasteiger partial charge >= 0.3 is 0 Å². The highest BCUT2D eigenvalue weighted by molar-refractivity contribution is 7.99. The van der Waals surface area contributed by atoms with Gasteiger partial charge in [-0.2, -0.15) is 0 Å². The Morgan fingerprint density at radius 1 is 0.971 bits per heavy atom. The average Bonchev–Trinajstić information content (AvgIpc) is 3.50. The van der Waals surface area contributed by atoms with E-state index in [1.165, 1.54) is 50.3 Å². The second-order valence-corrected chi connectivity index (χ2v) is 10.8. The van der Waals surface area contributed by atoms with Gasteiger partial charge in [0.25, 0.3) is 0 Å². The highest BCUT2D eigenvalue weighted by Gasteiger charge is 2.37. The van der Waals surface area contributed by atoms with E-state index in [1.54, 1.807) is 18.6 Å². The molecule has 0 amide bonds. The van der Waals surface area contributed by atoms with Crippen LogP contribution in [0.15, 0.2) is 53.0 Å². The van der Waals surface area contributed by atoms with Gasteiger partial charge in [0, 0.05) is 43.0 Å². The zero-order chi connectivity index (χ0) is 23.0. The molecule has 1 aliphatic carbocycles. The highest BCUT2D eigenvalue weighted by atomic mass is 35.5. The van der Waals surface area contributed by atoms with Crippen LogP contribution in [0.5, 0.6) is 0 Å². The van der Waals surface area contributed by atoms with E-state index in [9.17, 15) is 0 Å². The van der Waals surface area contributed by atoms with Gasteiger partial charge in [-0.05, 0) is 43.2 Å². The molecule has 34 heavy (non-hydrogen) atoms. The zero-order valence-electron chi connectivity index (χ0n) is 18.9. The van der Waals surface area contributed by atoms with E-state index in [-0.39, 0.29) is 0 Å². The van der Waals surface area contributed by atoms with Gasteiger partial charge in [-0.1, -0.05) is 36.2 Å². The molecule has 4 heterocycles. The Bertz CT molecular complexity index is 1280. The van der Waals surface area contributed by atoms with Crippen LogP contribution in [0.4, 0.5) is 5.82 Å². The first kappa shape index (κ1) is 21.8. The number of benzene rings is 1. The number of aromatic nitrogens is 6. The molecular formula is C25H26ClN7S. The predicted molar refractivity (Wildman–Crippen MR) is 134 cm³/mol. The number of imidazole rings is 1. The third-order valence-electron chi connectivity index (χ3n) is 7.22. The van der Waals surface area contributed by atoms with E-state index >= 15 is 0 Å². The lowest BCUT2D eigenvalue weighted by Crippen LogP contribution is -2.39. The lowest BCUT2D eigenvalue weighted by molar-refractivity contribution is 0.226. The fourth-order valence-electron chi connectivity index (χ4n) is 5.31. The van der Waals surface area contributed by atoms with Crippen LogP contribution in [0.1, 0.15) is 50.0 Å². The maximum atomic E-state index is 6.74. The van der Waals surface area contributed by atoms with Crippen molar-refractivity contribution in [1.29, 1.82) is 0 Å². The quantitative estimate of drug-likeness (QED) is 0.383. The number of anilines is 1. The van der Waals surface area contributed by atoms with Gasteiger partial charge in [0.05, 0.1) is 34.1 Å². The number of piperidine rings is 1. The molecule has 7 nitrogen and oxygen atoms in total. The summed E-state index contributed by atoms with van der Waals surface area (Å²) in [5.74, 6) is 1.78. The molecule has 1 spiro atoms. The highest BCUT2D eigenvalue weighted by Crippen LogP contribution is 2.46. The number of H-pyrrole nitrogens is 1. The molecule has 0 unspecified atom stereocenters. The van der Waals surface area contributed by atoms with Crippen LogP contribution in [0.25, 0.3) is 11.0 Å². The van der Waals surface area contributed by atoms with E-state index in [0.717, 1.165) is 51.4 Å². The first-order valence-electron chi connectivity index (χ1n) is 11.8. The molecular weight excluding hydrogens is 466 g/mol. The van der Waals surface area contributed by atoms with Gasteiger partial charge in [0.1, 0.15) is 16.7 Å². The van der Waals surface area contributed by atoms with Crippen LogP contribution in [0, 0.1) is 5.41 Å². The minimum absolute atomic E-state index is 0.575. The standard InChI is InChI=1S/C25H26ClN7S/c26-23-19(4-3-18-24(23)32-20(31-18)13-17-14-27-9-10-28-17)34-22-16-29-21(15-30-22)33-11-7-25(8-12-33)5-1-2-6-25/h3-4,9-10,14-16H,1-2,5-8,11-13H2,(H,31,32). The second-order valence-electron chi connectivity index (χ2n) is 9.34. The Balaban J connectivity index is 1.15. The summed E-state index contributed by atoms with van der Waals surface area (Å²) < 4.78 is 0. The summed E-state index contributed by atoms with van der Waals surface area (Å²) in [4.78, 5) is 29.1. The van der Waals surface area contributed by atoms with Gasteiger partial charge in [-0.15, -0.1) is 0 Å². The Labute approximate surface area is 207 Å². The molecule has 0 atom stereocenters. The number of fused-ring (bicyclic) bond motifs is 1. The maximum Gasteiger partial charge on any atom is 0.147 e. The SMILES string of the molecule is Clc1c(Sc2cnc(N3CCC4(CCCC4)CC3)cn2)ccc2nc(Cc3cnccn3)[nH]c12. The Hall–Kier alpha value is -2.71. The number of halogens is 1. The smallest absolute Gasteiger partial charge is 0.147 e. The molecule has 1 aromatic carbocycles. The number of hydrogen-bond donors (Lipinski definition) is 1. The van der Waals surface area contributed by atoms with Crippen molar-refractivity contribution in [3.63, 3.8) is 0 Å². The van der Waals surface area contributed by atoms with Gasteiger partial charge in [0.15, 0.2) is 0 Å². The molecule has 3 aromatic heterocycles. The molecule has 0 radical (unpaired) electrons. The van der Waals surface area contributed by atoms with Gasteiger partial charge in [-0.25, -0.2) is 15.0 Å².